The van der Waals surface area contributed by atoms with Crippen LogP contribution < -0.4 is 9.47 Å². The van der Waals surface area contributed by atoms with Gasteiger partial charge in [-0.15, -0.1) is 0 Å². The molecule has 0 bridgehead atoms. The van der Waals surface area contributed by atoms with Crippen molar-refractivity contribution in [1.29, 1.82) is 0 Å². The lowest BCUT2D eigenvalue weighted by atomic mass is 9.82. The predicted octanol–water partition coefficient (Wildman–Crippen LogP) is 10.6. The van der Waals surface area contributed by atoms with Crippen LogP contribution in [0.1, 0.15) is 52.7 Å². The average molecular weight is 539 g/mol. The van der Waals surface area contributed by atoms with Gasteiger partial charge >= 0.3 is 0 Å². The molecule has 206 valence electrons. The van der Waals surface area contributed by atoms with Gasteiger partial charge in [-0.25, -0.2) is 0 Å². The highest BCUT2D eigenvalue weighted by Gasteiger charge is 2.28. The number of rotatable bonds is 5. The summed E-state index contributed by atoms with van der Waals surface area (Å²) >= 11 is 0. The fraction of sp³-hybridized carbons (Fsp3) is 0.231. The van der Waals surface area contributed by atoms with E-state index in [4.69, 9.17) is 9.47 Å². The van der Waals surface area contributed by atoms with Gasteiger partial charge in [-0.2, -0.15) is 0 Å². The van der Waals surface area contributed by atoms with E-state index in [9.17, 15) is 0 Å². The molecule has 0 aliphatic heterocycles. The standard InChI is InChI=1S/C39H38O2/c1-38(2,3)40-34-22-21-29(24-35(34)41-39(4,5)6)31-25-32-30-20-14-13-19-28(30)23-33(32)37(27-17-11-8-12-18-27)36(31)26-15-9-7-10-16-26/h7-22,24-25H,23H2,1-6H3. The first-order chi connectivity index (χ1) is 19.6. The molecule has 0 spiro atoms. The van der Waals surface area contributed by atoms with Crippen LogP contribution in [0.25, 0.3) is 44.5 Å². The Labute approximate surface area is 244 Å². The second kappa shape index (κ2) is 10.3. The number of ether oxygens (including phenoxy) is 2. The Bertz CT molecular complexity index is 1700. The third-order valence-corrected chi connectivity index (χ3v) is 7.32. The Balaban J connectivity index is 1.68. The molecule has 1 aliphatic rings. The Hall–Kier alpha value is -4.30. The van der Waals surface area contributed by atoms with Crippen molar-refractivity contribution < 1.29 is 9.47 Å². The molecule has 5 aromatic carbocycles. The topological polar surface area (TPSA) is 18.5 Å². The third kappa shape index (κ3) is 5.52. The summed E-state index contributed by atoms with van der Waals surface area (Å²) in [5, 5.41) is 0. The van der Waals surface area contributed by atoms with Gasteiger partial charge in [0.05, 0.1) is 0 Å². The Morgan fingerprint density at radius 2 is 1.02 bits per heavy atom. The van der Waals surface area contributed by atoms with Crippen LogP contribution in [0.15, 0.2) is 109 Å². The van der Waals surface area contributed by atoms with Gasteiger partial charge in [-0.3, -0.25) is 0 Å². The summed E-state index contributed by atoms with van der Waals surface area (Å²) in [7, 11) is 0. The third-order valence-electron chi connectivity index (χ3n) is 7.32. The van der Waals surface area contributed by atoms with E-state index in [1.807, 2.05) is 0 Å². The van der Waals surface area contributed by atoms with Crippen molar-refractivity contribution in [3.8, 4) is 56.0 Å². The van der Waals surface area contributed by atoms with Gasteiger partial charge in [-0.05, 0) is 122 Å². The molecule has 0 aromatic heterocycles. The van der Waals surface area contributed by atoms with E-state index in [1.165, 1.54) is 50.1 Å². The van der Waals surface area contributed by atoms with Gasteiger partial charge in [0.25, 0.3) is 0 Å². The van der Waals surface area contributed by atoms with E-state index in [0.717, 1.165) is 23.5 Å². The normalized spacial score (nSPS) is 12.5. The minimum Gasteiger partial charge on any atom is -0.484 e. The molecule has 0 N–H and O–H groups in total. The summed E-state index contributed by atoms with van der Waals surface area (Å²) in [6, 6.07) is 39.3. The first-order valence-corrected chi connectivity index (χ1v) is 14.5. The largest absolute Gasteiger partial charge is 0.484 e. The molecule has 2 nitrogen and oxygen atoms in total. The van der Waals surface area contributed by atoms with Crippen LogP contribution in [0, 0.1) is 0 Å². The molecule has 6 rings (SSSR count). The van der Waals surface area contributed by atoms with E-state index >= 15 is 0 Å². The monoisotopic (exact) mass is 538 g/mol. The SMILES string of the molecule is CC(C)(C)Oc1ccc(-c2cc3c(c(-c4ccccc4)c2-c2ccccc2)Cc2ccccc2-3)cc1OC(C)(C)C. The highest BCUT2D eigenvalue weighted by atomic mass is 16.5. The molecule has 0 saturated heterocycles. The molecule has 1 aliphatic carbocycles. The zero-order chi connectivity index (χ0) is 28.8. The molecule has 41 heavy (non-hydrogen) atoms. The summed E-state index contributed by atoms with van der Waals surface area (Å²) in [6.07, 6.45) is 0.923. The zero-order valence-corrected chi connectivity index (χ0v) is 24.9. The van der Waals surface area contributed by atoms with Crippen molar-refractivity contribution in [1.82, 2.24) is 0 Å². The minimum atomic E-state index is -0.372. The van der Waals surface area contributed by atoms with Gasteiger partial charge in [-0.1, -0.05) is 91.0 Å². The van der Waals surface area contributed by atoms with Crippen LogP contribution in [-0.2, 0) is 6.42 Å². The zero-order valence-electron chi connectivity index (χ0n) is 24.9. The van der Waals surface area contributed by atoms with Crippen molar-refractivity contribution >= 4 is 0 Å². The fourth-order valence-corrected chi connectivity index (χ4v) is 5.83. The van der Waals surface area contributed by atoms with Crippen molar-refractivity contribution in [2.45, 2.75) is 59.2 Å². The fourth-order valence-electron chi connectivity index (χ4n) is 5.83. The van der Waals surface area contributed by atoms with E-state index in [-0.39, 0.29) is 11.2 Å². The van der Waals surface area contributed by atoms with Crippen LogP contribution in [0.4, 0.5) is 0 Å². The predicted molar refractivity (Wildman–Crippen MR) is 172 cm³/mol. The van der Waals surface area contributed by atoms with E-state index < -0.39 is 0 Å². The van der Waals surface area contributed by atoms with E-state index in [0.29, 0.717) is 0 Å². The van der Waals surface area contributed by atoms with Crippen LogP contribution in [0.2, 0.25) is 0 Å². The Kier molecular flexibility index (Phi) is 6.74. The first-order valence-electron chi connectivity index (χ1n) is 14.5. The lowest BCUT2D eigenvalue weighted by Crippen LogP contribution is -2.26. The summed E-state index contributed by atoms with van der Waals surface area (Å²) in [5.74, 6) is 1.51. The summed E-state index contributed by atoms with van der Waals surface area (Å²) in [5.41, 5.74) is 11.9. The second-order valence-corrected chi connectivity index (χ2v) is 12.9. The molecule has 0 radical (unpaired) electrons. The van der Waals surface area contributed by atoms with Crippen LogP contribution in [0.3, 0.4) is 0 Å². The van der Waals surface area contributed by atoms with Gasteiger partial charge < -0.3 is 9.47 Å². The average Bonchev–Trinajstić information content (AvgIpc) is 3.31. The quantitative estimate of drug-likeness (QED) is 0.217. The number of hydrogen-bond acceptors (Lipinski definition) is 2. The molecule has 0 unspecified atom stereocenters. The molecular formula is C39H38O2. The molecule has 2 heteroatoms. The van der Waals surface area contributed by atoms with Gasteiger partial charge in [0.2, 0.25) is 0 Å². The summed E-state index contributed by atoms with van der Waals surface area (Å²) in [4.78, 5) is 0. The molecule has 0 heterocycles. The van der Waals surface area contributed by atoms with Gasteiger partial charge in [0.1, 0.15) is 11.2 Å². The van der Waals surface area contributed by atoms with Crippen molar-refractivity contribution in [3.05, 3.63) is 120 Å². The maximum atomic E-state index is 6.53. The van der Waals surface area contributed by atoms with Crippen molar-refractivity contribution in [2.24, 2.45) is 0 Å². The van der Waals surface area contributed by atoms with Gasteiger partial charge in [0.15, 0.2) is 11.5 Å². The number of fused-ring (bicyclic) bond motifs is 3. The second-order valence-electron chi connectivity index (χ2n) is 12.9. The van der Waals surface area contributed by atoms with Crippen molar-refractivity contribution in [3.63, 3.8) is 0 Å². The summed E-state index contributed by atoms with van der Waals surface area (Å²) in [6.45, 7) is 12.4. The Morgan fingerprint density at radius 1 is 0.463 bits per heavy atom. The lowest BCUT2D eigenvalue weighted by Gasteiger charge is -2.28. The highest BCUT2D eigenvalue weighted by Crippen LogP contribution is 2.51. The van der Waals surface area contributed by atoms with E-state index in [1.54, 1.807) is 0 Å². The maximum Gasteiger partial charge on any atom is 0.162 e. The Morgan fingerprint density at radius 3 is 1.66 bits per heavy atom. The maximum absolute atomic E-state index is 6.53. The lowest BCUT2D eigenvalue weighted by molar-refractivity contribution is 0.0958. The molecule has 0 atom stereocenters. The molecule has 0 fully saturated rings. The minimum absolute atomic E-state index is 0.343. The molecule has 0 saturated carbocycles. The van der Waals surface area contributed by atoms with Crippen LogP contribution >= 0.6 is 0 Å². The number of benzene rings is 5. The number of hydrogen-bond donors (Lipinski definition) is 0. The summed E-state index contributed by atoms with van der Waals surface area (Å²) < 4.78 is 12.9. The highest BCUT2D eigenvalue weighted by molar-refractivity contribution is 6.01. The molecular weight excluding hydrogens is 500 g/mol. The van der Waals surface area contributed by atoms with Crippen molar-refractivity contribution in [2.75, 3.05) is 0 Å². The van der Waals surface area contributed by atoms with Gasteiger partial charge in [0, 0.05) is 0 Å². The molecule has 0 amide bonds. The van der Waals surface area contributed by atoms with E-state index in [2.05, 4.69) is 151 Å². The first kappa shape index (κ1) is 26.9. The molecule has 5 aromatic rings. The smallest absolute Gasteiger partial charge is 0.162 e. The van der Waals surface area contributed by atoms with Crippen LogP contribution in [-0.4, -0.2) is 11.2 Å². The van der Waals surface area contributed by atoms with Crippen LogP contribution in [0.5, 0.6) is 11.5 Å².